The van der Waals surface area contributed by atoms with Gasteiger partial charge in [-0.1, -0.05) is 0 Å². The topological polar surface area (TPSA) is 31.1 Å². The molecule has 2 unspecified atom stereocenters. The van der Waals surface area contributed by atoms with E-state index in [1.54, 1.807) is 0 Å². The summed E-state index contributed by atoms with van der Waals surface area (Å²) in [7, 11) is 0. The fraction of sp³-hybridized carbons (Fsp3) is 0.467. The van der Waals surface area contributed by atoms with Crippen LogP contribution < -0.4 is 5.32 Å². The van der Waals surface area contributed by atoms with E-state index >= 15 is 0 Å². The molecule has 94 valence electrons. The summed E-state index contributed by atoms with van der Waals surface area (Å²) in [4.78, 5) is 5.89. The fourth-order valence-electron chi connectivity index (χ4n) is 3.61. The van der Waals surface area contributed by atoms with Gasteiger partial charge >= 0.3 is 0 Å². The highest BCUT2D eigenvalue weighted by molar-refractivity contribution is 5.83. The van der Waals surface area contributed by atoms with Crippen molar-refractivity contribution in [2.45, 2.75) is 31.3 Å². The van der Waals surface area contributed by atoms with E-state index in [1.807, 2.05) is 6.20 Å². The van der Waals surface area contributed by atoms with Gasteiger partial charge in [-0.25, -0.2) is 0 Å². The minimum Gasteiger partial charge on any atom is -0.381 e. The Kier molecular flexibility index (Phi) is 2.33. The smallest absolute Gasteiger partial charge is 0.0455 e. The molecule has 0 saturated carbocycles. The number of nitrogens with zero attached hydrogens (tertiary/aromatic N) is 1. The van der Waals surface area contributed by atoms with Crippen LogP contribution in [0.4, 0.5) is 5.69 Å². The Balaban J connectivity index is 1.56. The molecule has 3 heterocycles. The van der Waals surface area contributed by atoms with Gasteiger partial charge in [0.2, 0.25) is 0 Å². The van der Waals surface area contributed by atoms with E-state index in [4.69, 9.17) is 0 Å². The molecule has 2 fully saturated rings. The number of anilines is 1. The number of hydrogen-bond acceptors (Lipinski definition) is 2. The molecule has 2 aliphatic rings. The Morgan fingerprint density at radius 1 is 1.17 bits per heavy atom. The highest BCUT2D eigenvalue weighted by Crippen LogP contribution is 2.30. The summed E-state index contributed by atoms with van der Waals surface area (Å²) in [5, 5.41) is 5.03. The van der Waals surface area contributed by atoms with E-state index in [2.05, 4.69) is 39.5 Å². The fourth-order valence-corrected chi connectivity index (χ4v) is 3.61. The summed E-state index contributed by atoms with van der Waals surface area (Å²) in [5.41, 5.74) is 2.48. The molecule has 0 bridgehead atoms. The standard InChI is InChI=1S/C15H19N3/c1-2-15-14(6-9-18(15)8-1)17-12-3-4-13-11(10-12)5-7-16-13/h3-5,7,10,14-17H,1-2,6,8-9H2. The predicted octanol–water partition coefficient (Wildman–Crippen LogP) is 2.82. The molecule has 0 spiro atoms. The van der Waals surface area contributed by atoms with Crippen molar-refractivity contribution in [1.82, 2.24) is 9.88 Å². The molecular weight excluding hydrogens is 222 g/mol. The van der Waals surface area contributed by atoms with Crippen molar-refractivity contribution in [3.63, 3.8) is 0 Å². The minimum atomic E-state index is 0.642. The maximum absolute atomic E-state index is 3.74. The number of aromatic amines is 1. The summed E-state index contributed by atoms with van der Waals surface area (Å²) in [5.74, 6) is 0. The number of nitrogens with one attached hydrogen (secondary N) is 2. The number of rotatable bonds is 2. The van der Waals surface area contributed by atoms with E-state index in [0.29, 0.717) is 6.04 Å². The molecule has 2 saturated heterocycles. The van der Waals surface area contributed by atoms with E-state index in [-0.39, 0.29) is 0 Å². The van der Waals surface area contributed by atoms with Crippen LogP contribution in [0.5, 0.6) is 0 Å². The van der Waals surface area contributed by atoms with Crippen molar-refractivity contribution in [3.8, 4) is 0 Å². The van der Waals surface area contributed by atoms with Gasteiger partial charge in [-0.2, -0.15) is 0 Å². The van der Waals surface area contributed by atoms with Gasteiger partial charge in [0.05, 0.1) is 0 Å². The molecule has 18 heavy (non-hydrogen) atoms. The van der Waals surface area contributed by atoms with Gasteiger partial charge < -0.3 is 10.3 Å². The summed E-state index contributed by atoms with van der Waals surface area (Å²) < 4.78 is 0. The lowest BCUT2D eigenvalue weighted by Gasteiger charge is -2.22. The first-order valence-corrected chi connectivity index (χ1v) is 6.98. The Bertz CT molecular complexity index is 560. The second-order valence-corrected chi connectivity index (χ2v) is 5.56. The third-order valence-corrected chi connectivity index (χ3v) is 4.51. The van der Waals surface area contributed by atoms with E-state index in [9.17, 15) is 0 Å². The van der Waals surface area contributed by atoms with Crippen LogP contribution in [0, 0.1) is 0 Å². The lowest BCUT2D eigenvalue weighted by Crippen LogP contribution is -2.33. The molecule has 0 aliphatic carbocycles. The van der Waals surface area contributed by atoms with E-state index in [0.717, 1.165) is 6.04 Å². The summed E-state index contributed by atoms with van der Waals surface area (Å²) in [6, 6.07) is 10.2. The average Bonchev–Trinajstić information content (AvgIpc) is 3.06. The third-order valence-electron chi connectivity index (χ3n) is 4.51. The monoisotopic (exact) mass is 241 g/mol. The van der Waals surface area contributed by atoms with Crippen LogP contribution in [-0.4, -0.2) is 35.1 Å². The normalized spacial score (nSPS) is 27.8. The van der Waals surface area contributed by atoms with E-state index in [1.165, 1.54) is 48.9 Å². The van der Waals surface area contributed by atoms with Crippen molar-refractivity contribution >= 4 is 16.6 Å². The van der Waals surface area contributed by atoms with Gasteiger partial charge in [-0.3, -0.25) is 4.90 Å². The van der Waals surface area contributed by atoms with Crippen LogP contribution in [0.25, 0.3) is 10.9 Å². The Morgan fingerprint density at radius 3 is 3.17 bits per heavy atom. The molecule has 2 aliphatic heterocycles. The number of aromatic nitrogens is 1. The van der Waals surface area contributed by atoms with Gasteiger partial charge in [-0.05, 0) is 50.1 Å². The quantitative estimate of drug-likeness (QED) is 0.847. The second-order valence-electron chi connectivity index (χ2n) is 5.56. The SMILES string of the molecule is c1cc2cc(NC3CCN4CCCC34)ccc2[nH]1. The maximum Gasteiger partial charge on any atom is 0.0455 e. The highest BCUT2D eigenvalue weighted by atomic mass is 15.2. The molecule has 2 N–H and O–H groups in total. The zero-order valence-corrected chi connectivity index (χ0v) is 10.5. The van der Waals surface area contributed by atoms with Crippen molar-refractivity contribution in [2.24, 2.45) is 0 Å². The highest BCUT2D eigenvalue weighted by Gasteiger charge is 2.36. The molecule has 0 amide bonds. The molecule has 1 aromatic heterocycles. The molecule has 4 rings (SSSR count). The van der Waals surface area contributed by atoms with Gasteiger partial charge in [0.25, 0.3) is 0 Å². The lowest BCUT2D eigenvalue weighted by molar-refractivity contribution is 0.318. The van der Waals surface area contributed by atoms with Crippen molar-refractivity contribution in [3.05, 3.63) is 30.5 Å². The van der Waals surface area contributed by atoms with Crippen LogP contribution in [0.15, 0.2) is 30.5 Å². The van der Waals surface area contributed by atoms with Crippen LogP contribution >= 0.6 is 0 Å². The average molecular weight is 241 g/mol. The first-order valence-electron chi connectivity index (χ1n) is 6.98. The zero-order valence-electron chi connectivity index (χ0n) is 10.5. The second kappa shape index (κ2) is 4.02. The molecule has 1 aromatic carbocycles. The summed E-state index contributed by atoms with van der Waals surface area (Å²) >= 11 is 0. The van der Waals surface area contributed by atoms with Gasteiger partial charge in [0.1, 0.15) is 0 Å². The van der Waals surface area contributed by atoms with Crippen molar-refractivity contribution in [2.75, 3.05) is 18.4 Å². The first kappa shape index (κ1) is 10.4. The van der Waals surface area contributed by atoms with Gasteiger partial charge in [0.15, 0.2) is 0 Å². The van der Waals surface area contributed by atoms with Crippen molar-refractivity contribution < 1.29 is 0 Å². The molecule has 0 radical (unpaired) electrons. The number of H-pyrrole nitrogens is 1. The van der Waals surface area contributed by atoms with Crippen molar-refractivity contribution in [1.29, 1.82) is 0 Å². The van der Waals surface area contributed by atoms with Crippen LogP contribution in [0.2, 0.25) is 0 Å². The van der Waals surface area contributed by atoms with Gasteiger partial charge in [0, 0.05) is 41.4 Å². The Hall–Kier alpha value is -1.48. The largest absolute Gasteiger partial charge is 0.381 e. The zero-order chi connectivity index (χ0) is 11.9. The lowest BCUT2D eigenvalue weighted by atomic mass is 10.1. The number of benzene rings is 1. The van der Waals surface area contributed by atoms with E-state index < -0.39 is 0 Å². The Labute approximate surface area is 107 Å². The number of fused-ring (bicyclic) bond motifs is 2. The molecule has 2 aromatic rings. The first-order chi connectivity index (χ1) is 8.90. The Morgan fingerprint density at radius 2 is 2.17 bits per heavy atom. The maximum atomic E-state index is 3.74. The van der Waals surface area contributed by atoms with Crippen LogP contribution in [0.3, 0.4) is 0 Å². The molecule has 3 heteroatoms. The molecule has 2 atom stereocenters. The minimum absolute atomic E-state index is 0.642. The predicted molar refractivity (Wildman–Crippen MR) is 74.9 cm³/mol. The van der Waals surface area contributed by atoms with Crippen LogP contribution in [0.1, 0.15) is 19.3 Å². The van der Waals surface area contributed by atoms with Gasteiger partial charge in [-0.15, -0.1) is 0 Å². The number of hydrogen-bond donors (Lipinski definition) is 2. The molecule has 3 nitrogen and oxygen atoms in total. The van der Waals surface area contributed by atoms with Crippen LogP contribution in [-0.2, 0) is 0 Å². The summed E-state index contributed by atoms with van der Waals surface area (Å²) in [6.07, 6.45) is 6.03. The third kappa shape index (κ3) is 1.62. The molecular formula is C15H19N3. The summed E-state index contributed by atoms with van der Waals surface area (Å²) in [6.45, 7) is 2.58.